The Balaban J connectivity index is 1.67. The molecular formula is C21H19NO3. The van der Waals surface area contributed by atoms with E-state index in [2.05, 4.69) is 5.32 Å². The Morgan fingerprint density at radius 3 is 2.48 bits per heavy atom. The molecule has 0 aliphatic rings. The highest BCUT2D eigenvalue weighted by molar-refractivity contribution is 6.03. The van der Waals surface area contributed by atoms with Gasteiger partial charge in [-0.2, -0.15) is 0 Å². The Kier molecular flexibility index (Phi) is 4.80. The molecule has 0 saturated heterocycles. The van der Waals surface area contributed by atoms with Gasteiger partial charge in [0, 0.05) is 11.1 Å². The van der Waals surface area contributed by atoms with E-state index < -0.39 is 5.97 Å². The minimum absolute atomic E-state index is 0.324. The number of hydrogen-bond donors (Lipinski definition) is 1. The number of ether oxygens (including phenoxy) is 1. The zero-order valence-electron chi connectivity index (χ0n) is 14.2. The summed E-state index contributed by atoms with van der Waals surface area (Å²) in [5.74, 6) is -0.857. The first-order chi connectivity index (χ1) is 12.1. The van der Waals surface area contributed by atoms with Gasteiger partial charge in [0.25, 0.3) is 5.91 Å². The maximum absolute atomic E-state index is 12.2. The van der Waals surface area contributed by atoms with Gasteiger partial charge < -0.3 is 10.1 Å². The van der Waals surface area contributed by atoms with Crippen LogP contribution >= 0.6 is 0 Å². The molecule has 0 aromatic heterocycles. The molecule has 0 aliphatic heterocycles. The van der Waals surface area contributed by atoms with E-state index in [-0.39, 0.29) is 12.5 Å². The van der Waals surface area contributed by atoms with Crippen LogP contribution in [0, 0.1) is 13.8 Å². The van der Waals surface area contributed by atoms with Crippen LogP contribution in [0.5, 0.6) is 0 Å². The van der Waals surface area contributed by atoms with Crippen LogP contribution in [0.3, 0.4) is 0 Å². The van der Waals surface area contributed by atoms with E-state index in [0.29, 0.717) is 11.3 Å². The number of amides is 1. The highest BCUT2D eigenvalue weighted by atomic mass is 16.5. The molecule has 0 aliphatic carbocycles. The number of aryl methyl sites for hydroxylation is 1. The van der Waals surface area contributed by atoms with Gasteiger partial charge in [-0.05, 0) is 42.5 Å². The molecule has 0 atom stereocenters. The molecular weight excluding hydrogens is 314 g/mol. The molecule has 0 unspecified atom stereocenters. The SMILES string of the molecule is Cc1cccc(C(=O)OCC(=O)Nc2cccc3ccccc23)c1C. The van der Waals surface area contributed by atoms with Crippen molar-refractivity contribution in [1.29, 1.82) is 0 Å². The molecule has 126 valence electrons. The molecule has 0 saturated carbocycles. The topological polar surface area (TPSA) is 55.4 Å². The molecule has 0 radical (unpaired) electrons. The fraction of sp³-hybridized carbons (Fsp3) is 0.143. The summed E-state index contributed by atoms with van der Waals surface area (Å²) in [5, 5.41) is 4.78. The molecule has 25 heavy (non-hydrogen) atoms. The highest BCUT2D eigenvalue weighted by Crippen LogP contribution is 2.22. The number of anilines is 1. The van der Waals surface area contributed by atoms with Crippen LogP contribution in [0.4, 0.5) is 5.69 Å². The fourth-order valence-electron chi connectivity index (χ4n) is 2.70. The Morgan fingerprint density at radius 2 is 1.64 bits per heavy atom. The van der Waals surface area contributed by atoms with Crippen molar-refractivity contribution >= 4 is 28.3 Å². The van der Waals surface area contributed by atoms with Gasteiger partial charge in [0.05, 0.1) is 5.56 Å². The summed E-state index contributed by atoms with van der Waals surface area (Å²) in [6.07, 6.45) is 0. The predicted octanol–water partition coefficient (Wildman–Crippen LogP) is 4.25. The molecule has 4 heteroatoms. The number of rotatable bonds is 4. The number of carbonyl (C=O) groups is 2. The van der Waals surface area contributed by atoms with E-state index in [1.54, 1.807) is 12.1 Å². The lowest BCUT2D eigenvalue weighted by atomic mass is 10.0. The zero-order valence-corrected chi connectivity index (χ0v) is 14.2. The average molecular weight is 333 g/mol. The molecule has 0 heterocycles. The van der Waals surface area contributed by atoms with E-state index in [0.717, 1.165) is 21.9 Å². The predicted molar refractivity (Wildman–Crippen MR) is 98.8 cm³/mol. The van der Waals surface area contributed by atoms with Crippen LogP contribution in [-0.2, 0) is 9.53 Å². The van der Waals surface area contributed by atoms with Gasteiger partial charge in [-0.15, -0.1) is 0 Å². The van der Waals surface area contributed by atoms with Crippen LogP contribution in [0.2, 0.25) is 0 Å². The second-order valence-electron chi connectivity index (χ2n) is 5.90. The normalized spacial score (nSPS) is 10.5. The van der Waals surface area contributed by atoms with Gasteiger partial charge in [-0.3, -0.25) is 4.79 Å². The third kappa shape index (κ3) is 3.69. The first-order valence-corrected chi connectivity index (χ1v) is 8.07. The van der Waals surface area contributed by atoms with E-state index in [1.165, 1.54) is 0 Å². The summed E-state index contributed by atoms with van der Waals surface area (Å²) in [5.41, 5.74) is 3.06. The van der Waals surface area contributed by atoms with Crippen molar-refractivity contribution < 1.29 is 14.3 Å². The maximum atomic E-state index is 12.2. The largest absolute Gasteiger partial charge is 0.452 e. The van der Waals surface area contributed by atoms with Gasteiger partial charge in [0.15, 0.2) is 6.61 Å². The van der Waals surface area contributed by atoms with Crippen molar-refractivity contribution in [3.63, 3.8) is 0 Å². The fourth-order valence-corrected chi connectivity index (χ4v) is 2.70. The second-order valence-corrected chi connectivity index (χ2v) is 5.90. The molecule has 0 fully saturated rings. The van der Waals surface area contributed by atoms with E-state index in [1.807, 2.05) is 62.4 Å². The Bertz CT molecular complexity index is 942. The minimum Gasteiger partial charge on any atom is -0.452 e. The molecule has 3 aromatic carbocycles. The maximum Gasteiger partial charge on any atom is 0.338 e. The quantitative estimate of drug-likeness (QED) is 0.726. The zero-order chi connectivity index (χ0) is 17.8. The van der Waals surface area contributed by atoms with E-state index in [9.17, 15) is 9.59 Å². The van der Waals surface area contributed by atoms with Crippen molar-refractivity contribution in [2.24, 2.45) is 0 Å². The van der Waals surface area contributed by atoms with Crippen molar-refractivity contribution in [3.05, 3.63) is 77.4 Å². The molecule has 4 nitrogen and oxygen atoms in total. The summed E-state index contributed by atoms with van der Waals surface area (Å²) >= 11 is 0. The number of carbonyl (C=O) groups excluding carboxylic acids is 2. The smallest absolute Gasteiger partial charge is 0.338 e. The summed E-state index contributed by atoms with van der Waals surface area (Å²) in [6, 6.07) is 18.9. The number of benzene rings is 3. The van der Waals surface area contributed by atoms with Crippen LogP contribution in [0.25, 0.3) is 10.8 Å². The van der Waals surface area contributed by atoms with Gasteiger partial charge in [0.1, 0.15) is 0 Å². The Morgan fingerprint density at radius 1 is 0.920 bits per heavy atom. The van der Waals surface area contributed by atoms with Crippen molar-refractivity contribution in [1.82, 2.24) is 0 Å². The monoisotopic (exact) mass is 333 g/mol. The van der Waals surface area contributed by atoms with E-state index in [4.69, 9.17) is 4.74 Å². The van der Waals surface area contributed by atoms with Gasteiger partial charge in [-0.25, -0.2) is 4.79 Å². The molecule has 1 N–H and O–H groups in total. The first-order valence-electron chi connectivity index (χ1n) is 8.07. The van der Waals surface area contributed by atoms with Crippen molar-refractivity contribution in [2.45, 2.75) is 13.8 Å². The van der Waals surface area contributed by atoms with Crippen LogP contribution in [-0.4, -0.2) is 18.5 Å². The number of esters is 1. The first kappa shape index (κ1) is 16.7. The standard InChI is InChI=1S/C21H19NO3/c1-14-7-5-11-17(15(14)2)21(24)25-13-20(23)22-19-12-6-9-16-8-3-4-10-18(16)19/h3-12H,13H2,1-2H3,(H,22,23). The lowest BCUT2D eigenvalue weighted by Crippen LogP contribution is -2.21. The lowest BCUT2D eigenvalue weighted by Gasteiger charge is -2.10. The van der Waals surface area contributed by atoms with Gasteiger partial charge in [-0.1, -0.05) is 48.5 Å². The van der Waals surface area contributed by atoms with Crippen molar-refractivity contribution in [2.75, 3.05) is 11.9 Å². The Labute approximate surface area is 146 Å². The number of hydrogen-bond acceptors (Lipinski definition) is 3. The lowest BCUT2D eigenvalue weighted by molar-refractivity contribution is -0.119. The Hall–Kier alpha value is -3.14. The van der Waals surface area contributed by atoms with Gasteiger partial charge >= 0.3 is 5.97 Å². The second kappa shape index (κ2) is 7.18. The van der Waals surface area contributed by atoms with E-state index >= 15 is 0 Å². The van der Waals surface area contributed by atoms with Crippen LogP contribution in [0.1, 0.15) is 21.5 Å². The van der Waals surface area contributed by atoms with Gasteiger partial charge in [0.2, 0.25) is 0 Å². The molecule has 0 bridgehead atoms. The summed E-state index contributed by atoms with van der Waals surface area (Å²) in [4.78, 5) is 24.3. The summed E-state index contributed by atoms with van der Waals surface area (Å²) in [6.45, 7) is 3.47. The summed E-state index contributed by atoms with van der Waals surface area (Å²) < 4.78 is 5.16. The number of fused-ring (bicyclic) bond motifs is 1. The molecule has 3 rings (SSSR count). The number of nitrogens with one attached hydrogen (secondary N) is 1. The van der Waals surface area contributed by atoms with Crippen molar-refractivity contribution in [3.8, 4) is 0 Å². The third-order valence-corrected chi connectivity index (χ3v) is 4.22. The van der Waals surface area contributed by atoms with Crippen LogP contribution in [0.15, 0.2) is 60.7 Å². The molecule has 0 spiro atoms. The third-order valence-electron chi connectivity index (χ3n) is 4.22. The molecule has 3 aromatic rings. The summed E-state index contributed by atoms with van der Waals surface area (Å²) in [7, 11) is 0. The average Bonchev–Trinajstić information content (AvgIpc) is 2.62. The minimum atomic E-state index is -0.491. The highest BCUT2D eigenvalue weighted by Gasteiger charge is 2.14. The van der Waals surface area contributed by atoms with Crippen LogP contribution < -0.4 is 5.32 Å². The molecule has 1 amide bonds.